The van der Waals surface area contributed by atoms with Crippen LogP contribution in [0.15, 0.2) is 12.2 Å². The van der Waals surface area contributed by atoms with Crippen LogP contribution in [0.2, 0.25) is 0 Å². The van der Waals surface area contributed by atoms with Crippen LogP contribution in [-0.2, 0) is 4.79 Å². The highest BCUT2D eigenvalue weighted by Gasteiger charge is 1.94. The predicted octanol–water partition coefficient (Wildman–Crippen LogP) is 4.14. The van der Waals surface area contributed by atoms with Crippen molar-refractivity contribution >= 4 is 5.91 Å². The Balaban J connectivity index is -0.000000656. The van der Waals surface area contributed by atoms with E-state index in [-0.39, 0.29) is 5.91 Å². The molecule has 0 atom stereocenters. The van der Waals surface area contributed by atoms with E-state index in [9.17, 15) is 4.79 Å². The fourth-order valence-electron chi connectivity index (χ4n) is 2.37. The average molecular weight is 406 g/mol. The van der Waals surface area contributed by atoms with Gasteiger partial charge in [-0.15, -0.1) is 0 Å². The Hall–Kier alpha value is -0.950. The van der Waals surface area contributed by atoms with Crippen molar-refractivity contribution in [2.24, 2.45) is 5.73 Å². The molecule has 0 aliphatic heterocycles. The van der Waals surface area contributed by atoms with Crippen LogP contribution in [0.1, 0.15) is 111 Å². The van der Waals surface area contributed by atoms with E-state index in [0.29, 0.717) is 6.42 Å². The maximum Gasteiger partial charge on any atom is 0.217 e. The summed E-state index contributed by atoms with van der Waals surface area (Å²) in [6.45, 7) is 4.82. The van der Waals surface area contributed by atoms with Crippen molar-refractivity contribution in [1.82, 2.24) is 0 Å². The predicted molar refractivity (Wildman–Crippen MR) is 116 cm³/mol. The highest BCUT2D eigenvalue weighted by molar-refractivity contribution is 5.73. The number of aliphatic hydroxyl groups excluding tert-OH is 2. The van der Waals surface area contributed by atoms with Crippen molar-refractivity contribution in [3.8, 4) is 0 Å². The molecule has 0 aromatic rings. The van der Waals surface area contributed by atoms with Gasteiger partial charge in [0.15, 0.2) is 0 Å². The van der Waals surface area contributed by atoms with E-state index in [0.717, 1.165) is 12.8 Å². The smallest absolute Gasteiger partial charge is 0.217 e. The Kier molecular flexibility index (Phi) is 32.0. The molecule has 0 aliphatic carbocycles. The first-order valence-corrected chi connectivity index (χ1v) is 10.9. The molecule has 0 heterocycles. The highest BCUT2D eigenvalue weighted by atomic mass is 16.5. The quantitative estimate of drug-likeness (QED) is 0.159. The lowest BCUT2D eigenvalue weighted by atomic mass is 10.1. The molecular formula is C22H47NO5. The SMILES string of the molecule is CC(O)O.CC(O)O.CCCCCCCCC=CCCCCCCCC(N)=O. The van der Waals surface area contributed by atoms with E-state index in [4.69, 9.17) is 26.2 Å². The van der Waals surface area contributed by atoms with Gasteiger partial charge in [0, 0.05) is 6.42 Å². The lowest BCUT2D eigenvalue weighted by molar-refractivity contribution is -0.118. The lowest BCUT2D eigenvalue weighted by Gasteiger charge is -1.99. The summed E-state index contributed by atoms with van der Waals surface area (Å²) in [5.74, 6) is -0.164. The minimum Gasteiger partial charge on any atom is -0.370 e. The molecule has 0 rings (SSSR count). The van der Waals surface area contributed by atoms with Crippen molar-refractivity contribution in [1.29, 1.82) is 0 Å². The van der Waals surface area contributed by atoms with Crippen LogP contribution in [0.25, 0.3) is 0 Å². The molecule has 0 saturated carbocycles. The average Bonchev–Trinajstić information content (AvgIpc) is 2.57. The summed E-state index contributed by atoms with van der Waals surface area (Å²) in [6.07, 6.45) is 19.6. The van der Waals surface area contributed by atoms with Crippen molar-refractivity contribution in [3.63, 3.8) is 0 Å². The zero-order valence-corrected chi connectivity index (χ0v) is 18.5. The van der Waals surface area contributed by atoms with Crippen LogP contribution in [0.3, 0.4) is 0 Å². The van der Waals surface area contributed by atoms with Gasteiger partial charge in [-0.3, -0.25) is 4.79 Å². The molecule has 0 unspecified atom stereocenters. The monoisotopic (exact) mass is 405 g/mol. The standard InChI is InChI=1S/C18H35NO.2C2H6O2/c1-2-3-4-5-6-7-8-9-10-11-12-13-14-15-16-17-18(19)20;2*1-2(3)4/h9-10H,2-8,11-17H2,1H3,(H2,19,20);2*2-4H,1H3. The third kappa shape index (κ3) is 56.2. The van der Waals surface area contributed by atoms with Gasteiger partial charge in [-0.1, -0.05) is 70.4 Å². The number of unbranched alkanes of at least 4 members (excludes halogenated alkanes) is 11. The molecule has 6 heteroatoms. The molecule has 1 amide bonds. The molecule has 0 bridgehead atoms. The van der Waals surface area contributed by atoms with Gasteiger partial charge >= 0.3 is 0 Å². The normalized spacial score (nSPS) is 10.6. The van der Waals surface area contributed by atoms with E-state index < -0.39 is 12.6 Å². The molecule has 0 spiro atoms. The van der Waals surface area contributed by atoms with Crippen LogP contribution >= 0.6 is 0 Å². The minimum atomic E-state index is -1.17. The molecule has 170 valence electrons. The summed E-state index contributed by atoms with van der Waals surface area (Å²) in [7, 11) is 0. The maximum atomic E-state index is 10.5. The first-order valence-electron chi connectivity index (χ1n) is 10.9. The topological polar surface area (TPSA) is 124 Å². The van der Waals surface area contributed by atoms with Gasteiger partial charge in [-0.25, -0.2) is 0 Å². The number of carbonyl (C=O) groups excluding carboxylic acids is 1. The third-order valence-corrected chi connectivity index (χ3v) is 3.68. The first-order chi connectivity index (χ1) is 13.2. The van der Waals surface area contributed by atoms with Crippen molar-refractivity contribution in [2.45, 2.75) is 123 Å². The Morgan fingerprint density at radius 1 is 0.714 bits per heavy atom. The molecule has 0 aromatic carbocycles. The Morgan fingerprint density at radius 3 is 1.39 bits per heavy atom. The molecule has 0 aromatic heterocycles. The van der Waals surface area contributed by atoms with Gasteiger partial charge in [-0.05, 0) is 46.0 Å². The number of carbonyl (C=O) groups is 1. The second kappa shape index (κ2) is 28.3. The van der Waals surface area contributed by atoms with Crippen LogP contribution in [-0.4, -0.2) is 38.9 Å². The van der Waals surface area contributed by atoms with E-state index in [1.165, 1.54) is 84.5 Å². The van der Waals surface area contributed by atoms with E-state index >= 15 is 0 Å². The maximum absolute atomic E-state index is 10.5. The van der Waals surface area contributed by atoms with Crippen molar-refractivity contribution in [3.05, 3.63) is 12.2 Å². The highest BCUT2D eigenvalue weighted by Crippen LogP contribution is 2.09. The summed E-state index contributed by atoms with van der Waals surface area (Å²) in [5, 5.41) is 30.4. The third-order valence-electron chi connectivity index (χ3n) is 3.68. The summed E-state index contributed by atoms with van der Waals surface area (Å²) in [4.78, 5) is 10.5. The van der Waals surface area contributed by atoms with E-state index in [2.05, 4.69) is 19.1 Å². The number of allylic oxidation sites excluding steroid dienone is 2. The van der Waals surface area contributed by atoms with Gasteiger partial charge < -0.3 is 26.2 Å². The molecule has 28 heavy (non-hydrogen) atoms. The zero-order chi connectivity index (χ0) is 22.0. The molecule has 0 fully saturated rings. The van der Waals surface area contributed by atoms with E-state index in [1.54, 1.807) is 0 Å². The fraction of sp³-hybridized carbons (Fsp3) is 0.864. The lowest BCUT2D eigenvalue weighted by Crippen LogP contribution is -2.09. The van der Waals surface area contributed by atoms with Crippen LogP contribution in [0.4, 0.5) is 0 Å². The second-order valence-corrected chi connectivity index (χ2v) is 7.06. The fourth-order valence-corrected chi connectivity index (χ4v) is 2.37. The van der Waals surface area contributed by atoms with Crippen molar-refractivity contribution < 1.29 is 25.2 Å². The zero-order valence-electron chi connectivity index (χ0n) is 18.5. The number of hydrogen-bond acceptors (Lipinski definition) is 5. The Morgan fingerprint density at radius 2 is 1.04 bits per heavy atom. The minimum absolute atomic E-state index is 0.164. The summed E-state index contributed by atoms with van der Waals surface area (Å²) in [6, 6.07) is 0. The number of aliphatic hydroxyl groups is 4. The van der Waals surface area contributed by atoms with Gasteiger partial charge in [0.2, 0.25) is 5.91 Å². The number of amides is 1. The summed E-state index contributed by atoms with van der Waals surface area (Å²) >= 11 is 0. The van der Waals surface area contributed by atoms with Gasteiger partial charge in [0.25, 0.3) is 0 Å². The van der Waals surface area contributed by atoms with Crippen LogP contribution < -0.4 is 5.73 Å². The molecule has 0 radical (unpaired) electrons. The second-order valence-electron chi connectivity index (χ2n) is 7.06. The number of rotatable bonds is 15. The Labute approximate surface area is 172 Å². The van der Waals surface area contributed by atoms with Gasteiger partial charge in [0.05, 0.1) is 0 Å². The van der Waals surface area contributed by atoms with Crippen LogP contribution in [0, 0.1) is 0 Å². The number of primary amides is 1. The van der Waals surface area contributed by atoms with Gasteiger partial charge in [0.1, 0.15) is 12.6 Å². The first kappa shape index (κ1) is 31.7. The van der Waals surface area contributed by atoms with Crippen molar-refractivity contribution in [2.75, 3.05) is 0 Å². The molecule has 6 N–H and O–H groups in total. The van der Waals surface area contributed by atoms with Crippen LogP contribution in [0.5, 0.6) is 0 Å². The molecule has 6 nitrogen and oxygen atoms in total. The van der Waals surface area contributed by atoms with Gasteiger partial charge in [-0.2, -0.15) is 0 Å². The number of hydrogen-bond donors (Lipinski definition) is 5. The number of nitrogens with two attached hydrogens (primary N) is 1. The van der Waals surface area contributed by atoms with E-state index in [1.807, 2.05) is 0 Å². The molecular weight excluding hydrogens is 358 g/mol. The Bertz CT molecular complexity index is 309. The molecule has 0 saturated heterocycles. The summed E-state index contributed by atoms with van der Waals surface area (Å²) in [5.41, 5.74) is 5.10. The largest absolute Gasteiger partial charge is 0.370 e. The molecule has 0 aliphatic rings. The summed E-state index contributed by atoms with van der Waals surface area (Å²) < 4.78 is 0.